The highest BCUT2D eigenvalue weighted by atomic mass is 16.5. The van der Waals surface area contributed by atoms with Crippen molar-refractivity contribution in [1.82, 2.24) is 10.2 Å². The number of ether oxygens (including phenoxy) is 1. The molecule has 3 fully saturated rings. The molecule has 5 rings (SSSR count). The molecule has 3 saturated heterocycles. The zero-order valence-corrected chi connectivity index (χ0v) is 19.0. The number of benzene rings is 2. The highest BCUT2D eigenvalue weighted by Crippen LogP contribution is 2.65. The van der Waals surface area contributed by atoms with Gasteiger partial charge in [-0.05, 0) is 42.2 Å². The van der Waals surface area contributed by atoms with Crippen LogP contribution in [0.15, 0.2) is 42.5 Å². The van der Waals surface area contributed by atoms with Crippen LogP contribution in [0.3, 0.4) is 0 Å². The van der Waals surface area contributed by atoms with Crippen molar-refractivity contribution >= 4 is 34.2 Å². The van der Waals surface area contributed by atoms with E-state index in [2.05, 4.69) is 10.6 Å². The number of hydrogen-bond acceptors (Lipinski definition) is 5. The van der Waals surface area contributed by atoms with Crippen LogP contribution in [0.25, 0.3) is 10.8 Å². The molecule has 8 heteroatoms. The lowest BCUT2D eigenvalue weighted by Crippen LogP contribution is -2.54. The Morgan fingerprint density at radius 2 is 1.91 bits per heavy atom. The van der Waals surface area contributed by atoms with Crippen LogP contribution in [0.4, 0.5) is 5.69 Å². The smallest absolute Gasteiger partial charge is 0.250 e. The molecule has 3 aliphatic heterocycles. The van der Waals surface area contributed by atoms with Crippen LogP contribution in [0, 0.1) is 17.8 Å². The third kappa shape index (κ3) is 2.93. The van der Waals surface area contributed by atoms with E-state index < -0.39 is 29.1 Å². The zero-order valence-electron chi connectivity index (χ0n) is 19.0. The lowest BCUT2D eigenvalue weighted by molar-refractivity contribution is -0.146. The fraction of sp³-hybridized carbons (Fsp3) is 0.480. The molecule has 6 atom stereocenters. The number of likely N-dealkylation sites (tertiary alicyclic amines) is 1. The second kappa shape index (κ2) is 7.53. The van der Waals surface area contributed by atoms with Gasteiger partial charge in [-0.2, -0.15) is 0 Å². The third-order valence-electron chi connectivity index (χ3n) is 7.95. The van der Waals surface area contributed by atoms with Gasteiger partial charge in [0.25, 0.3) is 0 Å². The molecule has 0 saturated carbocycles. The standard InChI is InChI=1S/C25H29N3O5/c1-14-13-25-19(18(21(30)26-3)24(14,2)33-25)23(32)28(10-11-29)20(25)22(31)27-17-9-8-15-6-4-5-7-16(15)12-17/h4-9,12,14,18-20,29H,10-11,13H2,1-3H3,(H,26,30)(H,27,31)/t14?,18-,19-,20?,24+,25?/m0/s1. The van der Waals surface area contributed by atoms with Gasteiger partial charge in [0.05, 0.1) is 24.0 Å². The molecular formula is C25H29N3O5. The predicted molar refractivity (Wildman–Crippen MR) is 122 cm³/mol. The van der Waals surface area contributed by atoms with Crippen molar-refractivity contribution in [1.29, 1.82) is 0 Å². The van der Waals surface area contributed by atoms with Gasteiger partial charge in [0.1, 0.15) is 11.6 Å². The van der Waals surface area contributed by atoms with Gasteiger partial charge in [0.2, 0.25) is 17.7 Å². The number of β-amino-alcohol motifs (C(OH)–C–C–N with tert-alkyl or cyclic N) is 1. The highest BCUT2D eigenvalue weighted by Gasteiger charge is 2.79. The van der Waals surface area contributed by atoms with Crippen LogP contribution < -0.4 is 10.6 Å². The Kier molecular flexibility index (Phi) is 4.99. The summed E-state index contributed by atoms with van der Waals surface area (Å²) in [6, 6.07) is 12.6. The molecule has 3 heterocycles. The minimum Gasteiger partial charge on any atom is -0.395 e. The maximum absolute atomic E-state index is 13.7. The molecule has 1 spiro atoms. The number of rotatable bonds is 5. The number of anilines is 1. The number of aliphatic hydroxyl groups excluding tert-OH is 1. The number of fused-ring (bicyclic) bond motifs is 2. The van der Waals surface area contributed by atoms with Gasteiger partial charge in [0.15, 0.2) is 0 Å². The van der Waals surface area contributed by atoms with E-state index in [1.165, 1.54) is 4.90 Å². The van der Waals surface area contributed by atoms with E-state index in [9.17, 15) is 19.5 Å². The molecule has 33 heavy (non-hydrogen) atoms. The number of nitrogens with zero attached hydrogens (tertiary/aromatic N) is 1. The Labute approximate surface area is 192 Å². The Hall–Kier alpha value is -2.97. The quantitative estimate of drug-likeness (QED) is 0.639. The van der Waals surface area contributed by atoms with E-state index in [4.69, 9.17) is 4.74 Å². The number of aliphatic hydroxyl groups is 1. The van der Waals surface area contributed by atoms with Crippen LogP contribution in [0.5, 0.6) is 0 Å². The number of carbonyl (C=O) groups is 3. The van der Waals surface area contributed by atoms with Crippen molar-refractivity contribution < 1.29 is 24.2 Å². The average Bonchev–Trinajstić information content (AvgIpc) is 3.30. The Balaban J connectivity index is 1.54. The van der Waals surface area contributed by atoms with E-state index in [1.807, 2.05) is 56.3 Å². The number of amides is 3. The van der Waals surface area contributed by atoms with Gasteiger partial charge < -0.3 is 25.4 Å². The van der Waals surface area contributed by atoms with Gasteiger partial charge in [-0.1, -0.05) is 37.3 Å². The van der Waals surface area contributed by atoms with Crippen molar-refractivity contribution in [3.8, 4) is 0 Å². The molecule has 0 aliphatic carbocycles. The fourth-order valence-corrected chi connectivity index (χ4v) is 6.42. The fourth-order valence-electron chi connectivity index (χ4n) is 6.42. The van der Waals surface area contributed by atoms with Crippen LogP contribution in [-0.4, -0.2) is 65.2 Å². The van der Waals surface area contributed by atoms with E-state index in [-0.39, 0.29) is 36.8 Å². The van der Waals surface area contributed by atoms with Gasteiger partial charge in [-0.3, -0.25) is 14.4 Å². The second-order valence-electron chi connectivity index (χ2n) is 9.62. The van der Waals surface area contributed by atoms with Crippen molar-refractivity contribution in [2.24, 2.45) is 17.8 Å². The highest BCUT2D eigenvalue weighted by molar-refractivity contribution is 6.04. The summed E-state index contributed by atoms with van der Waals surface area (Å²) in [7, 11) is 1.55. The molecule has 8 nitrogen and oxygen atoms in total. The van der Waals surface area contributed by atoms with Crippen LogP contribution >= 0.6 is 0 Å². The van der Waals surface area contributed by atoms with E-state index in [0.29, 0.717) is 12.1 Å². The molecule has 3 N–H and O–H groups in total. The Morgan fingerprint density at radius 3 is 2.61 bits per heavy atom. The van der Waals surface area contributed by atoms with Crippen LogP contribution in [-0.2, 0) is 19.1 Å². The van der Waals surface area contributed by atoms with Crippen LogP contribution in [0.1, 0.15) is 20.3 Å². The molecule has 0 radical (unpaired) electrons. The number of nitrogens with one attached hydrogen (secondary N) is 2. The summed E-state index contributed by atoms with van der Waals surface area (Å²) in [5.74, 6) is -2.43. The first kappa shape index (κ1) is 21.9. The summed E-state index contributed by atoms with van der Waals surface area (Å²) in [6.45, 7) is 3.58. The summed E-state index contributed by atoms with van der Waals surface area (Å²) >= 11 is 0. The SMILES string of the molecule is CNC(=O)[C@@H]1[C@H]2C(=O)N(CCO)C(C(=O)Nc3ccc4ccccc4c3)C23CC(C)[C@@]1(C)O3. The second-order valence-corrected chi connectivity index (χ2v) is 9.62. The average molecular weight is 452 g/mol. The van der Waals surface area contributed by atoms with Gasteiger partial charge >= 0.3 is 0 Å². The Bertz CT molecular complexity index is 1150. The molecular weight excluding hydrogens is 422 g/mol. The molecule has 3 unspecified atom stereocenters. The molecule has 3 amide bonds. The normalized spacial score (nSPS) is 34.5. The number of hydrogen-bond donors (Lipinski definition) is 3. The number of carbonyl (C=O) groups excluding carboxylic acids is 3. The minimum absolute atomic E-state index is 0.00180. The van der Waals surface area contributed by atoms with Crippen molar-refractivity contribution in [3.05, 3.63) is 42.5 Å². The zero-order chi connectivity index (χ0) is 23.5. The summed E-state index contributed by atoms with van der Waals surface area (Å²) in [4.78, 5) is 41.5. The summed E-state index contributed by atoms with van der Waals surface area (Å²) in [6.07, 6.45) is 0.491. The molecule has 3 aliphatic rings. The Morgan fingerprint density at radius 1 is 1.18 bits per heavy atom. The van der Waals surface area contributed by atoms with Gasteiger partial charge in [-0.25, -0.2) is 0 Å². The molecule has 0 aromatic heterocycles. The lowest BCUT2D eigenvalue weighted by atomic mass is 9.62. The largest absolute Gasteiger partial charge is 0.395 e. The van der Waals surface area contributed by atoms with Crippen LogP contribution in [0.2, 0.25) is 0 Å². The van der Waals surface area contributed by atoms with Crippen molar-refractivity contribution in [3.63, 3.8) is 0 Å². The van der Waals surface area contributed by atoms with Crippen molar-refractivity contribution in [2.75, 3.05) is 25.5 Å². The summed E-state index contributed by atoms with van der Waals surface area (Å²) in [5.41, 5.74) is -1.34. The third-order valence-corrected chi connectivity index (χ3v) is 7.95. The molecule has 2 aromatic carbocycles. The van der Waals surface area contributed by atoms with Gasteiger partial charge in [-0.15, -0.1) is 0 Å². The summed E-state index contributed by atoms with van der Waals surface area (Å²) in [5, 5.41) is 17.3. The molecule has 2 aromatic rings. The van der Waals surface area contributed by atoms with E-state index >= 15 is 0 Å². The monoisotopic (exact) mass is 451 g/mol. The first-order chi connectivity index (χ1) is 15.8. The van der Waals surface area contributed by atoms with Crippen molar-refractivity contribution in [2.45, 2.75) is 37.5 Å². The molecule has 2 bridgehead atoms. The first-order valence-electron chi connectivity index (χ1n) is 11.4. The van der Waals surface area contributed by atoms with Gasteiger partial charge in [0, 0.05) is 19.3 Å². The maximum atomic E-state index is 13.7. The van der Waals surface area contributed by atoms with E-state index in [1.54, 1.807) is 7.05 Å². The minimum atomic E-state index is -1.11. The molecule has 174 valence electrons. The maximum Gasteiger partial charge on any atom is 0.250 e. The lowest BCUT2D eigenvalue weighted by Gasteiger charge is -2.36. The first-order valence-corrected chi connectivity index (χ1v) is 11.4. The topological polar surface area (TPSA) is 108 Å². The predicted octanol–water partition coefficient (Wildman–Crippen LogP) is 1.53. The van der Waals surface area contributed by atoms with E-state index in [0.717, 1.165) is 10.8 Å². The summed E-state index contributed by atoms with van der Waals surface area (Å²) < 4.78 is 6.54.